The lowest BCUT2D eigenvalue weighted by molar-refractivity contribution is -0.143. The molecule has 0 aromatic heterocycles. The molecule has 1 aliphatic carbocycles. The predicted octanol–water partition coefficient (Wildman–Crippen LogP) is 2.42. The molecular formula is C13H22ClNO2. The minimum absolute atomic E-state index is 0.0844. The highest BCUT2D eigenvalue weighted by Crippen LogP contribution is 2.26. The lowest BCUT2D eigenvalue weighted by Gasteiger charge is -2.36. The second kappa shape index (κ2) is 6.60. The Balaban J connectivity index is 1.96. The van der Waals surface area contributed by atoms with E-state index in [2.05, 4.69) is 0 Å². The molecule has 0 radical (unpaired) electrons. The minimum Gasteiger partial charge on any atom is -0.377 e. The number of hydrogen-bond donors (Lipinski definition) is 0. The third-order valence-electron chi connectivity index (χ3n) is 3.89. The van der Waals surface area contributed by atoms with Crippen molar-refractivity contribution in [2.45, 2.75) is 44.6 Å². The summed E-state index contributed by atoms with van der Waals surface area (Å²) in [6.45, 7) is 1.97. The van der Waals surface area contributed by atoms with Gasteiger partial charge >= 0.3 is 0 Å². The Morgan fingerprint density at radius 2 is 1.94 bits per heavy atom. The molecule has 0 spiro atoms. The van der Waals surface area contributed by atoms with Crippen molar-refractivity contribution in [2.24, 2.45) is 5.92 Å². The average Bonchev–Trinajstić information content (AvgIpc) is 2.66. The van der Waals surface area contributed by atoms with Crippen LogP contribution >= 0.6 is 11.6 Å². The van der Waals surface area contributed by atoms with Gasteiger partial charge in [-0.25, -0.2) is 0 Å². The quantitative estimate of drug-likeness (QED) is 0.563. The minimum atomic E-state index is 0.0844. The van der Waals surface area contributed by atoms with Crippen LogP contribution in [0.25, 0.3) is 0 Å². The topological polar surface area (TPSA) is 29.5 Å². The SMILES string of the molecule is O=C(C1CCCCCC1)N1CCOCC1CCl. The van der Waals surface area contributed by atoms with Crippen LogP contribution in [0, 0.1) is 5.92 Å². The number of morpholine rings is 1. The molecule has 1 saturated carbocycles. The number of hydrogen-bond acceptors (Lipinski definition) is 2. The van der Waals surface area contributed by atoms with E-state index in [1.165, 1.54) is 25.7 Å². The Morgan fingerprint density at radius 1 is 1.24 bits per heavy atom. The van der Waals surface area contributed by atoms with Crippen molar-refractivity contribution in [3.8, 4) is 0 Å². The fraction of sp³-hybridized carbons (Fsp3) is 0.923. The zero-order valence-electron chi connectivity index (χ0n) is 10.4. The molecule has 2 fully saturated rings. The summed E-state index contributed by atoms with van der Waals surface area (Å²) in [6, 6.07) is 0.0844. The Labute approximate surface area is 108 Å². The Kier molecular flexibility index (Phi) is 5.11. The van der Waals surface area contributed by atoms with Crippen LogP contribution in [0.1, 0.15) is 38.5 Å². The molecule has 98 valence electrons. The van der Waals surface area contributed by atoms with Crippen LogP contribution in [0.3, 0.4) is 0 Å². The Morgan fingerprint density at radius 3 is 2.59 bits per heavy atom. The standard InChI is InChI=1S/C13H22ClNO2/c14-9-12-10-17-8-7-15(12)13(16)11-5-3-1-2-4-6-11/h11-12H,1-10H2. The number of halogens is 1. The molecule has 1 heterocycles. The van der Waals surface area contributed by atoms with Crippen molar-refractivity contribution in [1.29, 1.82) is 0 Å². The van der Waals surface area contributed by atoms with Crippen LogP contribution < -0.4 is 0 Å². The maximum atomic E-state index is 12.5. The summed E-state index contributed by atoms with van der Waals surface area (Å²) >= 11 is 5.92. The molecular weight excluding hydrogens is 238 g/mol. The number of rotatable bonds is 2. The molecule has 1 unspecified atom stereocenters. The van der Waals surface area contributed by atoms with E-state index in [-0.39, 0.29) is 12.0 Å². The van der Waals surface area contributed by atoms with Crippen molar-refractivity contribution in [3.63, 3.8) is 0 Å². The molecule has 1 amide bonds. The molecule has 3 nitrogen and oxygen atoms in total. The summed E-state index contributed by atoms with van der Waals surface area (Å²) in [7, 11) is 0. The lowest BCUT2D eigenvalue weighted by Crippen LogP contribution is -2.51. The van der Waals surface area contributed by atoms with Gasteiger partial charge in [-0.15, -0.1) is 11.6 Å². The van der Waals surface area contributed by atoms with E-state index in [4.69, 9.17) is 16.3 Å². The first-order valence-corrected chi connectivity index (χ1v) is 7.30. The van der Waals surface area contributed by atoms with E-state index in [9.17, 15) is 4.79 Å². The van der Waals surface area contributed by atoms with Crippen molar-refractivity contribution in [3.05, 3.63) is 0 Å². The summed E-state index contributed by atoms with van der Waals surface area (Å²) in [4.78, 5) is 14.5. The first kappa shape index (κ1) is 13.2. The van der Waals surface area contributed by atoms with Crippen LogP contribution in [-0.2, 0) is 9.53 Å². The van der Waals surface area contributed by atoms with Crippen LogP contribution in [0.4, 0.5) is 0 Å². The van der Waals surface area contributed by atoms with E-state index in [0.29, 0.717) is 31.5 Å². The summed E-state index contributed by atoms with van der Waals surface area (Å²) in [5, 5.41) is 0. The second-order valence-corrected chi connectivity index (χ2v) is 5.41. The van der Waals surface area contributed by atoms with Crippen molar-refractivity contribution in [2.75, 3.05) is 25.6 Å². The fourth-order valence-corrected chi connectivity index (χ4v) is 3.09. The van der Waals surface area contributed by atoms with Crippen molar-refractivity contribution < 1.29 is 9.53 Å². The maximum Gasteiger partial charge on any atom is 0.226 e. The molecule has 4 heteroatoms. The van der Waals surface area contributed by atoms with E-state index in [0.717, 1.165) is 12.8 Å². The lowest BCUT2D eigenvalue weighted by atomic mass is 9.98. The van der Waals surface area contributed by atoms with E-state index >= 15 is 0 Å². The highest BCUT2D eigenvalue weighted by Gasteiger charge is 2.31. The highest BCUT2D eigenvalue weighted by molar-refractivity contribution is 6.18. The van der Waals surface area contributed by atoms with Gasteiger partial charge in [0.15, 0.2) is 0 Å². The summed E-state index contributed by atoms with van der Waals surface area (Å²) in [6.07, 6.45) is 7.09. The predicted molar refractivity (Wildman–Crippen MR) is 68.2 cm³/mol. The monoisotopic (exact) mass is 259 g/mol. The maximum absolute atomic E-state index is 12.5. The number of ether oxygens (including phenoxy) is 1. The summed E-state index contributed by atoms with van der Waals surface area (Å²) in [5.74, 6) is 1.04. The molecule has 2 aliphatic rings. The first-order chi connectivity index (χ1) is 8.33. The first-order valence-electron chi connectivity index (χ1n) is 6.77. The molecule has 1 atom stereocenters. The van der Waals surface area contributed by atoms with Crippen molar-refractivity contribution in [1.82, 2.24) is 4.90 Å². The number of carbonyl (C=O) groups excluding carboxylic acids is 1. The fourth-order valence-electron chi connectivity index (χ4n) is 2.83. The number of carbonyl (C=O) groups is 1. The van der Waals surface area contributed by atoms with Gasteiger partial charge in [0.05, 0.1) is 19.3 Å². The zero-order valence-corrected chi connectivity index (χ0v) is 11.1. The summed E-state index contributed by atoms with van der Waals surface area (Å²) in [5.41, 5.74) is 0. The van der Waals surface area contributed by atoms with Gasteiger partial charge in [0.25, 0.3) is 0 Å². The van der Waals surface area contributed by atoms with Crippen LogP contribution in [0.5, 0.6) is 0 Å². The highest BCUT2D eigenvalue weighted by atomic mass is 35.5. The van der Waals surface area contributed by atoms with Gasteiger partial charge in [-0.2, -0.15) is 0 Å². The summed E-state index contributed by atoms with van der Waals surface area (Å²) < 4.78 is 5.39. The van der Waals surface area contributed by atoms with Crippen LogP contribution in [0.15, 0.2) is 0 Å². The molecule has 1 aliphatic heterocycles. The van der Waals surface area contributed by atoms with Gasteiger partial charge in [-0.1, -0.05) is 25.7 Å². The molecule has 1 saturated heterocycles. The van der Waals surface area contributed by atoms with E-state index < -0.39 is 0 Å². The Hall–Kier alpha value is -0.280. The number of nitrogens with zero attached hydrogens (tertiary/aromatic N) is 1. The normalized spacial score (nSPS) is 27.8. The smallest absolute Gasteiger partial charge is 0.226 e. The van der Waals surface area contributed by atoms with Crippen LogP contribution in [0.2, 0.25) is 0 Å². The van der Waals surface area contributed by atoms with Gasteiger partial charge < -0.3 is 9.64 Å². The van der Waals surface area contributed by atoms with E-state index in [1.807, 2.05) is 4.90 Å². The largest absolute Gasteiger partial charge is 0.377 e. The molecule has 2 rings (SSSR count). The van der Waals surface area contributed by atoms with Crippen LogP contribution in [-0.4, -0.2) is 42.5 Å². The number of amides is 1. The van der Waals surface area contributed by atoms with Gasteiger partial charge in [0.2, 0.25) is 5.91 Å². The average molecular weight is 260 g/mol. The van der Waals surface area contributed by atoms with Crippen molar-refractivity contribution >= 4 is 17.5 Å². The third kappa shape index (κ3) is 3.35. The van der Waals surface area contributed by atoms with Gasteiger partial charge in [-0.05, 0) is 12.8 Å². The van der Waals surface area contributed by atoms with Gasteiger partial charge in [-0.3, -0.25) is 4.79 Å². The molecule has 0 aromatic rings. The second-order valence-electron chi connectivity index (χ2n) is 5.10. The van der Waals surface area contributed by atoms with Gasteiger partial charge in [0.1, 0.15) is 0 Å². The van der Waals surface area contributed by atoms with E-state index in [1.54, 1.807) is 0 Å². The molecule has 17 heavy (non-hydrogen) atoms. The van der Waals surface area contributed by atoms with Gasteiger partial charge in [0, 0.05) is 18.3 Å². The molecule has 0 bridgehead atoms. The molecule has 0 N–H and O–H groups in total. The molecule has 0 aromatic carbocycles. The zero-order chi connectivity index (χ0) is 12.1. The Bertz CT molecular complexity index is 252. The number of alkyl halides is 1. The third-order valence-corrected chi connectivity index (χ3v) is 4.25.